The molecular weight excluding hydrogens is 280 g/mol. The van der Waals surface area contributed by atoms with E-state index in [1.807, 2.05) is 6.07 Å². The van der Waals surface area contributed by atoms with Crippen LogP contribution >= 0.6 is 0 Å². The number of carbonyl (C=O) groups excluding carboxylic acids is 1. The lowest BCUT2D eigenvalue weighted by molar-refractivity contribution is -0.121. The lowest BCUT2D eigenvalue weighted by Gasteiger charge is -2.21. The first-order valence-electron chi connectivity index (χ1n) is 7.82. The molecule has 0 saturated carbocycles. The largest absolute Gasteiger partial charge is 0.378 e. The van der Waals surface area contributed by atoms with Crippen LogP contribution in [-0.4, -0.2) is 35.6 Å². The van der Waals surface area contributed by atoms with Gasteiger partial charge in [0.1, 0.15) is 17.7 Å². The average Bonchev–Trinajstić information content (AvgIpc) is 2.63. The molecule has 1 fully saturated rings. The van der Waals surface area contributed by atoms with E-state index in [1.54, 1.807) is 7.11 Å². The first-order valence-corrected chi connectivity index (χ1v) is 7.82. The summed E-state index contributed by atoms with van der Waals surface area (Å²) < 4.78 is 5.18. The van der Waals surface area contributed by atoms with Crippen LogP contribution in [0.5, 0.6) is 0 Å². The van der Waals surface area contributed by atoms with E-state index in [9.17, 15) is 4.79 Å². The second kappa shape index (κ2) is 7.05. The van der Waals surface area contributed by atoms with Gasteiger partial charge in [0.05, 0.1) is 12.3 Å². The van der Waals surface area contributed by atoms with Gasteiger partial charge in [-0.3, -0.25) is 4.79 Å². The van der Waals surface area contributed by atoms with Gasteiger partial charge in [-0.15, -0.1) is 0 Å². The Balaban J connectivity index is 2.24. The summed E-state index contributed by atoms with van der Waals surface area (Å²) >= 11 is 0. The Bertz CT molecular complexity index is 525. The van der Waals surface area contributed by atoms with Crippen molar-refractivity contribution >= 4 is 11.7 Å². The van der Waals surface area contributed by atoms with Gasteiger partial charge in [0.25, 0.3) is 0 Å². The molecule has 1 aromatic rings. The first kappa shape index (κ1) is 16.7. The molecule has 22 heavy (non-hydrogen) atoms. The Morgan fingerprint density at radius 1 is 1.36 bits per heavy atom. The highest BCUT2D eigenvalue weighted by atomic mass is 16.5. The third kappa shape index (κ3) is 4.40. The summed E-state index contributed by atoms with van der Waals surface area (Å²) in [6.07, 6.45) is 2.87. The van der Waals surface area contributed by atoms with Gasteiger partial charge < -0.3 is 15.4 Å². The fraction of sp³-hybridized carbons (Fsp3) is 0.688. The monoisotopic (exact) mass is 306 g/mol. The van der Waals surface area contributed by atoms with Gasteiger partial charge in [0, 0.05) is 25.1 Å². The van der Waals surface area contributed by atoms with Gasteiger partial charge in [-0.05, 0) is 19.3 Å². The van der Waals surface area contributed by atoms with Crippen LogP contribution in [0.2, 0.25) is 0 Å². The van der Waals surface area contributed by atoms with Crippen LogP contribution < -0.4 is 10.6 Å². The second-order valence-corrected chi connectivity index (χ2v) is 6.73. The maximum absolute atomic E-state index is 12.1. The molecule has 1 aliphatic heterocycles. The van der Waals surface area contributed by atoms with Crippen LogP contribution in [0.25, 0.3) is 0 Å². The Kier molecular flexibility index (Phi) is 5.34. The minimum absolute atomic E-state index is 0.0433. The van der Waals surface area contributed by atoms with Crippen LogP contribution in [-0.2, 0) is 21.6 Å². The quantitative estimate of drug-likeness (QED) is 0.890. The first-order chi connectivity index (χ1) is 10.4. The number of anilines is 1. The van der Waals surface area contributed by atoms with Gasteiger partial charge >= 0.3 is 0 Å². The summed E-state index contributed by atoms with van der Waals surface area (Å²) in [7, 11) is 1.64. The smallest absolute Gasteiger partial charge is 0.242 e. The molecule has 1 aliphatic rings. The molecule has 2 N–H and O–H groups in total. The van der Waals surface area contributed by atoms with E-state index < -0.39 is 0 Å². The van der Waals surface area contributed by atoms with Crippen molar-refractivity contribution in [1.82, 2.24) is 15.3 Å². The molecular formula is C16H26N4O2. The third-order valence-electron chi connectivity index (χ3n) is 3.60. The van der Waals surface area contributed by atoms with Gasteiger partial charge in [-0.2, -0.15) is 0 Å². The number of aromatic nitrogens is 2. The SMILES string of the molecule is COCc1cc(NC2CCCCNC2=O)nc(C(C)(C)C)n1. The zero-order valence-electron chi connectivity index (χ0n) is 13.9. The Labute approximate surface area is 132 Å². The van der Waals surface area contributed by atoms with E-state index in [0.717, 1.165) is 37.3 Å². The van der Waals surface area contributed by atoms with Crippen LogP contribution in [0.4, 0.5) is 5.82 Å². The molecule has 1 unspecified atom stereocenters. The standard InChI is InChI=1S/C16H26N4O2/c1-16(2,3)15-18-11(10-22-4)9-13(20-15)19-12-7-5-6-8-17-14(12)21/h9,12H,5-8,10H2,1-4H3,(H,17,21)(H,18,19,20). The van der Waals surface area contributed by atoms with Crippen LogP contribution in [0.15, 0.2) is 6.07 Å². The number of rotatable bonds is 4. The van der Waals surface area contributed by atoms with Gasteiger partial charge in [-0.25, -0.2) is 9.97 Å². The van der Waals surface area contributed by atoms with Crippen molar-refractivity contribution in [2.24, 2.45) is 0 Å². The van der Waals surface area contributed by atoms with E-state index >= 15 is 0 Å². The topological polar surface area (TPSA) is 76.1 Å². The molecule has 1 aromatic heterocycles. The van der Waals surface area contributed by atoms with E-state index in [0.29, 0.717) is 12.4 Å². The molecule has 2 rings (SSSR count). The minimum atomic E-state index is -0.236. The summed E-state index contributed by atoms with van der Waals surface area (Å²) in [6, 6.07) is 1.62. The summed E-state index contributed by atoms with van der Waals surface area (Å²) in [5.74, 6) is 1.48. The maximum atomic E-state index is 12.1. The van der Waals surface area contributed by atoms with Crippen LogP contribution in [0.3, 0.4) is 0 Å². The van der Waals surface area contributed by atoms with Gasteiger partial charge in [-0.1, -0.05) is 20.8 Å². The van der Waals surface area contributed by atoms with Gasteiger partial charge in [0.15, 0.2) is 0 Å². The number of nitrogens with one attached hydrogen (secondary N) is 2. The predicted octanol–water partition coefficient (Wildman–Crippen LogP) is 2.00. The molecule has 0 spiro atoms. The Morgan fingerprint density at radius 3 is 2.82 bits per heavy atom. The number of carbonyl (C=O) groups is 1. The number of hydrogen-bond acceptors (Lipinski definition) is 5. The third-order valence-corrected chi connectivity index (χ3v) is 3.60. The molecule has 0 radical (unpaired) electrons. The number of nitrogens with zero attached hydrogens (tertiary/aromatic N) is 2. The van der Waals surface area contributed by atoms with Crippen molar-refractivity contribution in [3.05, 3.63) is 17.6 Å². The van der Waals surface area contributed by atoms with Crippen molar-refractivity contribution in [1.29, 1.82) is 0 Å². The van der Waals surface area contributed by atoms with Crippen molar-refractivity contribution in [2.45, 2.75) is 58.1 Å². The molecule has 122 valence electrons. The van der Waals surface area contributed by atoms with Crippen LogP contribution in [0.1, 0.15) is 51.6 Å². The molecule has 0 bridgehead atoms. The molecule has 1 saturated heterocycles. The second-order valence-electron chi connectivity index (χ2n) is 6.73. The summed E-state index contributed by atoms with van der Waals surface area (Å²) in [4.78, 5) is 21.2. The predicted molar refractivity (Wildman–Crippen MR) is 85.7 cm³/mol. The Hall–Kier alpha value is -1.69. The molecule has 0 aliphatic carbocycles. The Morgan fingerprint density at radius 2 is 2.14 bits per heavy atom. The molecule has 2 heterocycles. The highest BCUT2D eigenvalue weighted by molar-refractivity contribution is 5.84. The maximum Gasteiger partial charge on any atom is 0.242 e. The number of amides is 1. The van der Waals surface area contributed by atoms with E-state index in [-0.39, 0.29) is 17.4 Å². The lowest BCUT2D eigenvalue weighted by atomic mass is 9.95. The summed E-state index contributed by atoms with van der Waals surface area (Å²) in [5, 5.41) is 6.19. The van der Waals surface area contributed by atoms with Crippen LogP contribution in [0, 0.1) is 0 Å². The highest BCUT2D eigenvalue weighted by Gasteiger charge is 2.23. The number of hydrogen-bond donors (Lipinski definition) is 2. The molecule has 0 aromatic carbocycles. The normalized spacial score (nSPS) is 19.5. The van der Waals surface area contributed by atoms with E-state index in [1.165, 1.54) is 0 Å². The van der Waals surface area contributed by atoms with Crippen molar-refractivity contribution < 1.29 is 9.53 Å². The molecule has 6 heteroatoms. The fourth-order valence-electron chi connectivity index (χ4n) is 2.38. The van der Waals surface area contributed by atoms with Crippen molar-refractivity contribution in [3.63, 3.8) is 0 Å². The zero-order chi connectivity index (χ0) is 16.2. The minimum Gasteiger partial charge on any atom is -0.378 e. The molecule has 1 atom stereocenters. The molecule has 1 amide bonds. The van der Waals surface area contributed by atoms with E-state index in [4.69, 9.17) is 4.74 Å². The highest BCUT2D eigenvalue weighted by Crippen LogP contribution is 2.22. The van der Waals surface area contributed by atoms with Crippen molar-refractivity contribution in [2.75, 3.05) is 19.0 Å². The summed E-state index contributed by atoms with van der Waals surface area (Å²) in [6.45, 7) is 7.39. The lowest BCUT2D eigenvalue weighted by Crippen LogP contribution is -2.38. The molecule has 6 nitrogen and oxygen atoms in total. The fourth-order valence-corrected chi connectivity index (χ4v) is 2.38. The van der Waals surface area contributed by atoms with Gasteiger partial charge in [0.2, 0.25) is 5.91 Å². The number of ether oxygens (including phenoxy) is 1. The average molecular weight is 306 g/mol. The number of methoxy groups -OCH3 is 1. The van der Waals surface area contributed by atoms with Crippen molar-refractivity contribution in [3.8, 4) is 0 Å². The summed E-state index contributed by atoms with van der Waals surface area (Å²) in [5.41, 5.74) is 0.658. The van der Waals surface area contributed by atoms with E-state index in [2.05, 4.69) is 41.4 Å². The zero-order valence-corrected chi connectivity index (χ0v) is 13.9.